The van der Waals surface area contributed by atoms with Gasteiger partial charge in [-0.3, -0.25) is 9.59 Å². The summed E-state index contributed by atoms with van der Waals surface area (Å²) in [4.78, 5) is 36.1. The summed E-state index contributed by atoms with van der Waals surface area (Å²) in [6.45, 7) is 2.00. The molecule has 1 unspecified atom stereocenters. The molecule has 24 heavy (non-hydrogen) atoms. The number of benzene rings is 1. The molecule has 6 heteroatoms. The molecule has 0 radical (unpaired) electrons. The molecule has 1 aromatic carbocycles. The monoisotopic (exact) mass is 329 g/mol. The molecule has 6 nitrogen and oxygen atoms in total. The highest BCUT2D eigenvalue weighted by Gasteiger charge is 2.27. The number of carboxylic acids is 1. The minimum atomic E-state index is -1.35. The van der Waals surface area contributed by atoms with Crippen molar-refractivity contribution in [3.8, 4) is 0 Å². The zero-order valence-corrected chi connectivity index (χ0v) is 13.6. The quantitative estimate of drug-likeness (QED) is 0.822. The maximum atomic E-state index is 12.6. The van der Waals surface area contributed by atoms with E-state index in [1.165, 1.54) is 23.9 Å². The second kappa shape index (κ2) is 7.59. The molecular weight excluding hydrogens is 310 g/mol. The molecular formula is C18H19NO5. The minimum absolute atomic E-state index is 0.186. The van der Waals surface area contributed by atoms with E-state index in [1.54, 1.807) is 6.92 Å². The van der Waals surface area contributed by atoms with E-state index >= 15 is 0 Å². The minimum Gasteiger partial charge on any atom is -0.477 e. The first kappa shape index (κ1) is 17.5. The number of carbonyl (C=O) groups is 2. The van der Waals surface area contributed by atoms with Crippen molar-refractivity contribution in [2.24, 2.45) is 0 Å². The molecule has 2 aromatic rings. The largest absolute Gasteiger partial charge is 0.477 e. The van der Waals surface area contributed by atoms with Gasteiger partial charge in [-0.05, 0) is 23.6 Å². The summed E-state index contributed by atoms with van der Waals surface area (Å²) in [5, 5.41) is 9.47. The van der Waals surface area contributed by atoms with Gasteiger partial charge >= 0.3 is 11.9 Å². The Morgan fingerprint density at radius 1 is 1.21 bits per heavy atom. The molecule has 1 aromatic heterocycles. The second-order valence-corrected chi connectivity index (χ2v) is 5.35. The summed E-state index contributed by atoms with van der Waals surface area (Å²) in [6, 6.07) is 10.8. The first-order valence-corrected chi connectivity index (χ1v) is 7.58. The SMILES string of the molecule is CCC(C(=O)OC)c1ccn(Cc2ccccc2)c(=O)c1C(=O)O. The third-order valence-corrected chi connectivity index (χ3v) is 3.88. The van der Waals surface area contributed by atoms with Crippen molar-refractivity contribution in [1.29, 1.82) is 0 Å². The number of carbonyl (C=O) groups excluding carboxylic acids is 1. The molecule has 126 valence electrons. The molecule has 0 aliphatic carbocycles. The molecule has 0 saturated carbocycles. The topological polar surface area (TPSA) is 85.6 Å². The number of aromatic nitrogens is 1. The van der Waals surface area contributed by atoms with E-state index in [0.717, 1.165) is 5.56 Å². The summed E-state index contributed by atoms with van der Waals surface area (Å²) in [5.74, 6) is -2.68. The molecule has 0 amide bonds. The van der Waals surface area contributed by atoms with Gasteiger partial charge in [0.1, 0.15) is 5.56 Å². The molecule has 0 spiro atoms. The van der Waals surface area contributed by atoms with Crippen LogP contribution in [0.5, 0.6) is 0 Å². The van der Waals surface area contributed by atoms with E-state index in [4.69, 9.17) is 4.74 Å². The van der Waals surface area contributed by atoms with E-state index in [1.807, 2.05) is 30.3 Å². The van der Waals surface area contributed by atoms with Gasteiger partial charge in [-0.15, -0.1) is 0 Å². The summed E-state index contributed by atoms with van der Waals surface area (Å²) < 4.78 is 6.04. The number of carboxylic acid groups (broad SMARTS) is 1. The number of methoxy groups -OCH3 is 1. The van der Waals surface area contributed by atoms with Gasteiger partial charge in [-0.25, -0.2) is 4.79 Å². The maximum Gasteiger partial charge on any atom is 0.341 e. The van der Waals surface area contributed by atoms with E-state index in [9.17, 15) is 19.5 Å². The molecule has 0 aliphatic heterocycles. The molecule has 1 heterocycles. The van der Waals surface area contributed by atoms with Crippen LogP contribution in [0.4, 0.5) is 0 Å². The second-order valence-electron chi connectivity index (χ2n) is 5.35. The molecule has 0 bridgehead atoms. The van der Waals surface area contributed by atoms with Gasteiger partial charge in [0.15, 0.2) is 0 Å². The van der Waals surface area contributed by atoms with Crippen molar-refractivity contribution < 1.29 is 19.4 Å². The van der Waals surface area contributed by atoms with Gasteiger partial charge < -0.3 is 14.4 Å². The lowest BCUT2D eigenvalue weighted by atomic mass is 9.93. The lowest BCUT2D eigenvalue weighted by molar-refractivity contribution is -0.142. The number of pyridine rings is 1. The van der Waals surface area contributed by atoms with Crippen LogP contribution in [0, 0.1) is 0 Å². The van der Waals surface area contributed by atoms with Crippen molar-refractivity contribution >= 4 is 11.9 Å². The van der Waals surface area contributed by atoms with Crippen LogP contribution in [-0.2, 0) is 16.1 Å². The number of rotatable bonds is 6. The Balaban J connectivity index is 2.53. The molecule has 0 saturated heterocycles. The molecule has 0 fully saturated rings. The number of hydrogen-bond donors (Lipinski definition) is 1. The highest BCUT2D eigenvalue weighted by Crippen LogP contribution is 2.23. The van der Waals surface area contributed by atoms with Crippen LogP contribution in [-0.4, -0.2) is 28.7 Å². The van der Waals surface area contributed by atoms with Gasteiger partial charge in [0.2, 0.25) is 0 Å². The summed E-state index contributed by atoms with van der Waals surface area (Å²) in [6.07, 6.45) is 1.86. The fourth-order valence-corrected chi connectivity index (χ4v) is 2.65. The van der Waals surface area contributed by atoms with Crippen molar-refractivity contribution in [3.05, 3.63) is 69.6 Å². The van der Waals surface area contributed by atoms with Crippen LogP contribution >= 0.6 is 0 Å². The molecule has 0 aliphatic rings. The molecule has 1 atom stereocenters. The number of esters is 1. The molecule has 1 N–H and O–H groups in total. The van der Waals surface area contributed by atoms with Crippen molar-refractivity contribution in [1.82, 2.24) is 4.57 Å². The van der Waals surface area contributed by atoms with Gasteiger partial charge in [-0.2, -0.15) is 0 Å². The Hall–Kier alpha value is -2.89. The van der Waals surface area contributed by atoms with Crippen LogP contribution in [0.2, 0.25) is 0 Å². The Morgan fingerprint density at radius 2 is 1.88 bits per heavy atom. The van der Waals surface area contributed by atoms with Crippen molar-refractivity contribution in [3.63, 3.8) is 0 Å². The van der Waals surface area contributed by atoms with Crippen LogP contribution in [0.15, 0.2) is 47.4 Å². The zero-order valence-electron chi connectivity index (χ0n) is 13.6. The van der Waals surface area contributed by atoms with E-state index in [0.29, 0.717) is 6.42 Å². The first-order valence-electron chi connectivity index (χ1n) is 7.58. The number of aromatic carboxylic acids is 1. The van der Waals surface area contributed by atoms with Crippen molar-refractivity contribution in [2.75, 3.05) is 7.11 Å². The van der Waals surface area contributed by atoms with Crippen LogP contribution in [0.3, 0.4) is 0 Å². The highest BCUT2D eigenvalue weighted by molar-refractivity contribution is 5.91. The van der Waals surface area contributed by atoms with Crippen molar-refractivity contribution in [2.45, 2.75) is 25.8 Å². The third kappa shape index (κ3) is 3.53. The normalized spacial score (nSPS) is 11.8. The fourth-order valence-electron chi connectivity index (χ4n) is 2.65. The Morgan fingerprint density at radius 3 is 2.42 bits per heavy atom. The Labute approximate surface area is 139 Å². The molecule has 2 rings (SSSR count). The lowest BCUT2D eigenvalue weighted by Gasteiger charge is -2.16. The number of ether oxygens (including phenoxy) is 1. The third-order valence-electron chi connectivity index (χ3n) is 3.88. The summed E-state index contributed by atoms with van der Waals surface area (Å²) in [7, 11) is 1.24. The Kier molecular flexibility index (Phi) is 5.52. The van der Waals surface area contributed by atoms with E-state index < -0.39 is 23.4 Å². The van der Waals surface area contributed by atoms with E-state index in [2.05, 4.69) is 0 Å². The highest BCUT2D eigenvalue weighted by atomic mass is 16.5. The van der Waals surface area contributed by atoms with Gasteiger partial charge in [0.25, 0.3) is 5.56 Å². The van der Waals surface area contributed by atoms with Gasteiger partial charge in [0, 0.05) is 6.20 Å². The average molecular weight is 329 g/mol. The first-order chi connectivity index (χ1) is 11.5. The zero-order chi connectivity index (χ0) is 17.7. The van der Waals surface area contributed by atoms with Crippen LogP contribution in [0.1, 0.15) is 40.7 Å². The lowest BCUT2D eigenvalue weighted by Crippen LogP contribution is -2.30. The predicted octanol–water partition coefficient (Wildman–Crippen LogP) is 2.26. The maximum absolute atomic E-state index is 12.6. The van der Waals surface area contributed by atoms with Gasteiger partial charge in [-0.1, -0.05) is 37.3 Å². The Bertz CT molecular complexity index is 795. The van der Waals surface area contributed by atoms with Crippen LogP contribution < -0.4 is 5.56 Å². The van der Waals surface area contributed by atoms with Gasteiger partial charge in [0.05, 0.1) is 19.6 Å². The summed E-state index contributed by atoms with van der Waals surface area (Å²) >= 11 is 0. The number of nitrogens with zero attached hydrogens (tertiary/aromatic N) is 1. The number of hydrogen-bond acceptors (Lipinski definition) is 4. The summed E-state index contributed by atoms with van der Waals surface area (Å²) in [5.41, 5.74) is 0.0479. The predicted molar refractivity (Wildman–Crippen MR) is 88.3 cm³/mol. The fraction of sp³-hybridized carbons (Fsp3) is 0.278. The standard InChI is InChI=1S/C18H19NO5/c1-3-13(18(23)24-2)14-9-10-19(16(20)15(14)17(21)22)11-12-7-5-4-6-8-12/h4-10,13H,3,11H2,1-2H3,(H,21,22). The van der Waals surface area contributed by atoms with Crippen LogP contribution in [0.25, 0.3) is 0 Å². The smallest absolute Gasteiger partial charge is 0.341 e. The average Bonchev–Trinajstić information content (AvgIpc) is 2.58. The van der Waals surface area contributed by atoms with E-state index in [-0.39, 0.29) is 17.7 Å².